The van der Waals surface area contributed by atoms with E-state index in [0.29, 0.717) is 5.75 Å². The number of nitrogens with zero attached hydrogens (tertiary/aromatic N) is 1. The highest BCUT2D eigenvalue weighted by atomic mass is 19.4. The van der Waals surface area contributed by atoms with Crippen LogP contribution in [0.5, 0.6) is 5.75 Å². The Labute approximate surface area is 112 Å². The molecule has 1 aromatic carbocycles. The molecule has 1 aromatic rings. The van der Waals surface area contributed by atoms with Gasteiger partial charge in [-0.3, -0.25) is 10.1 Å². The van der Waals surface area contributed by atoms with E-state index in [9.17, 15) is 23.3 Å². The lowest BCUT2D eigenvalue weighted by Gasteiger charge is -2.10. The van der Waals surface area contributed by atoms with Gasteiger partial charge in [-0.15, -0.1) is 0 Å². The van der Waals surface area contributed by atoms with Crippen molar-refractivity contribution in [3.05, 3.63) is 28.3 Å². The van der Waals surface area contributed by atoms with Crippen LogP contribution in [0, 0.1) is 10.1 Å². The van der Waals surface area contributed by atoms with Crippen LogP contribution in [0.15, 0.2) is 18.2 Å². The van der Waals surface area contributed by atoms with Crippen LogP contribution in [0.2, 0.25) is 0 Å². The normalized spacial score (nSPS) is 11.2. The average Bonchev–Trinajstić information content (AvgIpc) is 2.36. The summed E-state index contributed by atoms with van der Waals surface area (Å²) < 4.78 is 44.8. The van der Waals surface area contributed by atoms with Crippen LogP contribution in [0.25, 0.3) is 0 Å². The number of anilines is 1. The lowest BCUT2D eigenvalue weighted by atomic mass is 10.2. The number of nitrogens with one attached hydrogen (secondary N) is 1. The molecular weight excluding hydrogens is 281 g/mol. The van der Waals surface area contributed by atoms with Gasteiger partial charge in [0, 0.05) is 18.7 Å². The summed E-state index contributed by atoms with van der Waals surface area (Å²) in [5.41, 5.74) is -0.0356. The Hall–Kier alpha value is -2.03. The fraction of sp³-hybridized carbons (Fsp3) is 0.455. The standard InChI is InChI=1S/C11H13F3N2O4/c1-19-8-2-3-10(16(17)18)9(6-8)15-4-5-20-7-11(12,13)14/h2-3,6,15H,4-5,7H2,1H3. The molecule has 0 heterocycles. The van der Waals surface area contributed by atoms with E-state index in [2.05, 4.69) is 10.1 Å². The van der Waals surface area contributed by atoms with E-state index in [4.69, 9.17) is 4.74 Å². The number of methoxy groups -OCH3 is 1. The molecule has 6 nitrogen and oxygen atoms in total. The molecule has 0 aliphatic heterocycles. The number of hydrogen-bond donors (Lipinski definition) is 1. The van der Waals surface area contributed by atoms with Gasteiger partial charge in [-0.2, -0.15) is 13.2 Å². The van der Waals surface area contributed by atoms with Crippen LogP contribution in [0.1, 0.15) is 0 Å². The Bertz CT molecular complexity index is 465. The molecule has 9 heteroatoms. The maximum Gasteiger partial charge on any atom is 0.411 e. The van der Waals surface area contributed by atoms with Crippen LogP contribution in [-0.4, -0.2) is 38.0 Å². The van der Waals surface area contributed by atoms with Gasteiger partial charge < -0.3 is 14.8 Å². The number of ether oxygens (including phenoxy) is 2. The Kier molecular flexibility index (Phi) is 5.56. The van der Waals surface area contributed by atoms with Crippen LogP contribution in [-0.2, 0) is 4.74 Å². The lowest BCUT2D eigenvalue weighted by Crippen LogP contribution is -2.20. The highest BCUT2D eigenvalue weighted by Gasteiger charge is 2.27. The van der Waals surface area contributed by atoms with Crippen molar-refractivity contribution in [3.8, 4) is 5.75 Å². The molecule has 0 spiro atoms. The van der Waals surface area contributed by atoms with Gasteiger partial charge in [-0.25, -0.2) is 0 Å². The molecule has 112 valence electrons. The molecule has 0 saturated heterocycles. The largest absolute Gasteiger partial charge is 0.497 e. The molecule has 0 unspecified atom stereocenters. The van der Waals surface area contributed by atoms with E-state index >= 15 is 0 Å². The van der Waals surface area contributed by atoms with Gasteiger partial charge in [0.1, 0.15) is 18.0 Å². The summed E-state index contributed by atoms with van der Waals surface area (Å²) in [5, 5.41) is 13.4. The van der Waals surface area contributed by atoms with E-state index in [0.717, 1.165) is 0 Å². The summed E-state index contributed by atoms with van der Waals surface area (Å²) in [6, 6.07) is 4.06. The van der Waals surface area contributed by atoms with Gasteiger partial charge in [-0.05, 0) is 6.07 Å². The molecule has 0 fully saturated rings. The van der Waals surface area contributed by atoms with E-state index < -0.39 is 17.7 Å². The molecule has 0 aliphatic carbocycles. The van der Waals surface area contributed by atoms with Crippen molar-refractivity contribution in [3.63, 3.8) is 0 Å². The zero-order valence-electron chi connectivity index (χ0n) is 10.6. The zero-order chi connectivity index (χ0) is 15.2. The second-order valence-electron chi connectivity index (χ2n) is 3.73. The molecule has 0 aromatic heterocycles. The minimum Gasteiger partial charge on any atom is -0.497 e. The number of nitro benzene ring substituents is 1. The fourth-order valence-electron chi connectivity index (χ4n) is 1.39. The van der Waals surface area contributed by atoms with Crippen molar-refractivity contribution in [2.24, 2.45) is 0 Å². The number of halogens is 3. The molecule has 0 saturated carbocycles. The molecule has 0 atom stereocenters. The zero-order valence-corrected chi connectivity index (χ0v) is 10.6. The predicted molar refractivity (Wildman–Crippen MR) is 65.0 cm³/mol. The number of alkyl halides is 3. The van der Waals surface area contributed by atoms with E-state index in [1.54, 1.807) is 0 Å². The monoisotopic (exact) mass is 294 g/mol. The minimum atomic E-state index is -4.39. The highest BCUT2D eigenvalue weighted by molar-refractivity contribution is 5.64. The second kappa shape index (κ2) is 6.94. The van der Waals surface area contributed by atoms with Crippen LogP contribution < -0.4 is 10.1 Å². The van der Waals surface area contributed by atoms with Crippen molar-refractivity contribution in [2.45, 2.75) is 6.18 Å². The quantitative estimate of drug-likeness (QED) is 0.475. The van der Waals surface area contributed by atoms with Crippen molar-refractivity contribution in [1.82, 2.24) is 0 Å². The van der Waals surface area contributed by atoms with Gasteiger partial charge in [-0.1, -0.05) is 0 Å². The molecule has 0 bridgehead atoms. The molecule has 1 N–H and O–H groups in total. The average molecular weight is 294 g/mol. The maximum absolute atomic E-state index is 11.8. The molecule has 1 rings (SSSR count). The van der Waals surface area contributed by atoms with Gasteiger partial charge in [0.05, 0.1) is 18.6 Å². The lowest BCUT2D eigenvalue weighted by molar-refractivity contribution is -0.384. The number of benzene rings is 1. The Morgan fingerprint density at radius 1 is 1.40 bits per heavy atom. The summed E-state index contributed by atoms with van der Waals surface area (Å²) in [7, 11) is 1.40. The molecule has 20 heavy (non-hydrogen) atoms. The predicted octanol–water partition coefficient (Wildman–Crippen LogP) is 2.59. The smallest absolute Gasteiger partial charge is 0.411 e. The Morgan fingerprint density at radius 3 is 2.65 bits per heavy atom. The number of rotatable bonds is 7. The van der Waals surface area contributed by atoms with Crippen LogP contribution in [0.4, 0.5) is 24.5 Å². The van der Waals surface area contributed by atoms with Crippen LogP contribution in [0.3, 0.4) is 0 Å². The van der Waals surface area contributed by atoms with Gasteiger partial charge in [0.15, 0.2) is 0 Å². The number of nitro groups is 1. The summed E-state index contributed by atoms with van der Waals surface area (Å²) in [6.07, 6.45) is -4.39. The third-order valence-electron chi connectivity index (χ3n) is 2.23. The summed E-state index contributed by atoms with van der Waals surface area (Å²) in [6.45, 7) is -1.58. The first-order valence-electron chi connectivity index (χ1n) is 5.54. The second-order valence-corrected chi connectivity index (χ2v) is 3.73. The van der Waals surface area contributed by atoms with Gasteiger partial charge in [0.2, 0.25) is 0 Å². The Morgan fingerprint density at radius 2 is 2.10 bits per heavy atom. The fourth-order valence-corrected chi connectivity index (χ4v) is 1.39. The maximum atomic E-state index is 11.8. The van der Waals surface area contributed by atoms with Crippen molar-refractivity contribution < 1.29 is 27.6 Å². The third-order valence-corrected chi connectivity index (χ3v) is 2.23. The first kappa shape index (κ1) is 16.0. The van der Waals surface area contributed by atoms with Crippen LogP contribution >= 0.6 is 0 Å². The SMILES string of the molecule is COc1ccc([N+](=O)[O-])c(NCCOCC(F)(F)F)c1. The van der Waals surface area contributed by atoms with Crippen molar-refractivity contribution in [1.29, 1.82) is 0 Å². The highest BCUT2D eigenvalue weighted by Crippen LogP contribution is 2.28. The molecule has 0 aliphatic rings. The number of hydrogen-bond acceptors (Lipinski definition) is 5. The van der Waals surface area contributed by atoms with Crippen molar-refractivity contribution in [2.75, 3.05) is 32.2 Å². The molecular formula is C11H13F3N2O4. The van der Waals surface area contributed by atoms with E-state index in [1.807, 2.05) is 0 Å². The molecule has 0 radical (unpaired) electrons. The summed E-state index contributed by atoms with van der Waals surface area (Å²) in [4.78, 5) is 10.2. The summed E-state index contributed by atoms with van der Waals surface area (Å²) >= 11 is 0. The first-order chi connectivity index (χ1) is 9.33. The van der Waals surface area contributed by atoms with Gasteiger partial charge >= 0.3 is 6.18 Å². The summed E-state index contributed by atoms with van der Waals surface area (Å²) in [5.74, 6) is 0.398. The topological polar surface area (TPSA) is 73.6 Å². The Balaban J connectivity index is 2.55. The molecule has 0 amide bonds. The van der Waals surface area contributed by atoms with Gasteiger partial charge in [0.25, 0.3) is 5.69 Å². The van der Waals surface area contributed by atoms with E-state index in [1.165, 1.54) is 25.3 Å². The first-order valence-corrected chi connectivity index (χ1v) is 5.54. The van der Waals surface area contributed by atoms with Crippen molar-refractivity contribution >= 4 is 11.4 Å². The van der Waals surface area contributed by atoms with E-state index in [-0.39, 0.29) is 24.5 Å². The minimum absolute atomic E-state index is 0.00406. The third kappa shape index (κ3) is 5.31.